The van der Waals surface area contributed by atoms with E-state index in [0.717, 1.165) is 5.39 Å². The topological polar surface area (TPSA) is 63.8 Å². The molecule has 102 valence electrons. The number of benzene rings is 1. The number of pyridine rings is 1. The van der Waals surface area contributed by atoms with Gasteiger partial charge in [0.15, 0.2) is 4.60 Å². The maximum absolute atomic E-state index is 10.6. The number of aryl methyl sites for hydroxylation is 1. The first-order valence-electron chi connectivity index (χ1n) is 5.86. The summed E-state index contributed by atoms with van der Waals surface area (Å²) in [5.74, 6) is 0. The van der Waals surface area contributed by atoms with Gasteiger partial charge in [-0.2, -0.15) is 0 Å². The molecule has 2 aromatic heterocycles. The quantitative estimate of drug-likeness (QED) is 0.769. The van der Waals surface area contributed by atoms with E-state index in [2.05, 4.69) is 31.2 Å². The highest BCUT2D eigenvalue weighted by Crippen LogP contribution is 2.33. The van der Waals surface area contributed by atoms with Gasteiger partial charge in [0.2, 0.25) is 0 Å². The van der Waals surface area contributed by atoms with Gasteiger partial charge in [0, 0.05) is 29.2 Å². The Morgan fingerprint density at radius 1 is 1.35 bits per heavy atom. The Balaban J connectivity index is 2.23. The van der Waals surface area contributed by atoms with Gasteiger partial charge in [-0.15, -0.1) is 5.10 Å². The number of hydrogen-bond donors (Lipinski definition) is 1. The number of rotatable bonds is 2. The van der Waals surface area contributed by atoms with E-state index in [-0.39, 0.29) is 0 Å². The molecule has 0 fully saturated rings. The van der Waals surface area contributed by atoms with E-state index >= 15 is 0 Å². The molecule has 0 aliphatic carbocycles. The third kappa shape index (κ3) is 2.09. The zero-order chi connectivity index (χ0) is 14.3. The molecule has 1 atom stereocenters. The molecule has 1 unspecified atom stereocenters. The van der Waals surface area contributed by atoms with Gasteiger partial charge >= 0.3 is 0 Å². The number of nitrogens with zero attached hydrogens (tertiary/aromatic N) is 4. The lowest BCUT2D eigenvalue weighted by Crippen LogP contribution is -2.08. The lowest BCUT2D eigenvalue weighted by Gasteiger charge is -2.14. The molecule has 0 saturated heterocycles. The van der Waals surface area contributed by atoms with E-state index < -0.39 is 6.10 Å². The highest BCUT2D eigenvalue weighted by atomic mass is 79.9. The van der Waals surface area contributed by atoms with Gasteiger partial charge in [0.05, 0.1) is 5.52 Å². The third-order valence-electron chi connectivity index (χ3n) is 3.13. The van der Waals surface area contributed by atoms with E-state index in [1.807, 2.05) is 12.1 Å². The summed E-state index contributed by atoms with van der Waals surface area (Å²) in [5, 5.41) is 19.8. The summed E-state index contributed by atoms with van der Waals surface area (Å²) in [4.78, 5) is 4.32. The Labute approximate surface area is 128 Å². The minimum atomic E-state index is -0.890. The molecule has 2 heterocycles. The molecule has 0 aliphatic rings. The lowest BCUT2D eigenvalue weighted by molar-refractivity contribution is 0.210. The predicted molar refractivity (Wildman–Crippen MR) is 79.5 cm³/mol. The van der Waals surface area contributed by atoms with Crippen molar-refractivity contribution < 1.29 is 5.11 Å². The van der Waals surface area contributed by atoms with Crippen molar-refractivity contribution in [3.8, 4) is 0 Å². The Kier molecular flexibility index (Phi) is 3.45. The molecule has 3 aromatic rings. The summed E-state index contributed by atoms with van der Waals surface area (Å²) in [5.41, 5.74) is 1.90. The molecular formula is C13H10BrClN4O. The van der Waals surface area contributed by atoms with Crippen molar-refractivity contribution in [2.45, 2.75) is 6.10 Å². The van der Waals surface area contributed by atoms with Crippen molar-refractivity contribution in [2.75, 3.05) is 0 Å². The fourth-order valence-corrected chi connectivity index (χ4v) is 2.92. The largest absolute Gasteiger partial charge is 0.382 e. The first-order valence-corrected chi connectivity index (χ1v) is 7.03. The van der Waals surface area contributed by atoms with Crippen molar-refractivity contribution in [2.24, 2.45) is 7.05 Å². The molecule has 20 heavy (non-hydrogen) atoms. The molecule has 0 aliphatic heterocycles. The average molecular weight is 354 g/mol. The summed E-state index contributed by atoms with van der Waals surface area (Å²) in [6.07, 6.45) is 0.782. The summed E-state index contributed by atoms with van der Waals surface area (Å²) in [6, 6.07) is 7.20. The van der Waals surface area contributed by atoms with E-state index in [1.54, 1.807) is 25.4 Å². The molecule has 1 aromatic carbocycles. The van der Waals surface area contributed by atoms with Crippen LogP contribution in [-0.4, -0.2) is 25.1 Å². The number of aliphatic hydroxyl groups is 1. The molecule has 0 bridgehead atoms. The van der Waals surface area contributed by atoms with Crippen LogP contribution in [0, 0.1) is 0 Å². The SMILES string of the molecule is Cn1nnc(Br)c1C(O)c1ccc(Cl)c2cccnc12. The fraction of sp³-hybridized carbons (Fsp3) is 0.154. The summed E-state index contributed by atoms with van der Waals surface area (Å²) >= 11 is 9.45. The van der Waals surface area contributed by atoms with Crippen LogP contribution in [0.1, 0.15) is 17.4 Å². The second-order valence-corrected chi connectivity index (χ2v) is 5.49. The smallest absolute Gasteiger partial charge is 0.154 e. The Bertz CT molecular complexity index is 770. The monoisotopic (exact) mass is 352 g/mol. The number of aromatic nitrogens is 4. The Morgan fingerprint density at radius 3 is 2.85 bits per heavy atom. The standard InChI is InChI=1S/C13H10BrClN4O/c1-19-11(13(14)17-18-19)12(20)8-4-5-9(15)7-3-2-6-16-10(7)8/h2-6,12,20H,1H3. The van der Waals surface area contributed by atoms with Gasteiger partial charge in [-0.25, -0.2) is 4.68 Å². The van der Waals surface area contributed by atoms with Crippen molar-refractivity contribution >= 4 is 38.4 Å². The zero-order valence-corrected chi connectivity index (χ0v) is 12.8. The van der Waals surface area contributed by atoms with Crippen LogP contribution in [0.25, 0.3) is 10.9 Å². The Morgan fingerprint density at radius 2 is 2.15 bits per heavy atom. The normalized spacial score (nSPS) is 12.8. The van der Waals surface area contributed by atoms with Crippen molar-refractivity contribution in [1.82, 2.24) is 20.0 Å². The van der Waals surface area contributed by atoms with Crippen LogP contribution < -0.4 is 0 Å². The number of aliphatic hydroxyl groups excluding tert-OH is 1. The van der Waals surface area contributed by atoms with Crippen LogP contribution in [0.3, 0.4) is 0 Å². The minimum Gasteiger partial charge on any atom is -0.382 e. The second kappa shape index (κ2) is 5.12. The van der Waals surface area contributed by atoms with E-state index in [9.17, 15) is 5.11 Å². The van der Waals surface area contributed by atoms with Crippen LogP contribution in [0.15, 0.2) is 35.1 Å². The third-order valence-corrected chi connectivity index (χ3v) is 4.02. The Hall–Kier alpha value is -1.50. The minimum absolute atomic E-state index is 0.506. The fourth-order valence-electron chi connectivity index (χ4n) is 2.16. The molecule has 0 radical (unpaired) electrons. The van der Waals surface area contributed by atoms with Gasteiger partial charge < -0.3 is 5.11 Å². The summed E-state index contributed by atoms with van der Waals surface area (Å²) in [7, 11) is 1.72. The first kappa shape index (κ1) is 13.5. The van der Waals surface area contributed by atoms with Gasteiger partial charge in [-0.3, -0.25) is 4.98 Å². The van der Waals surface area contributed by atoms with Gasteiger partial charge in [0.25, 0.3) is 0 Å². The highest BCUT2D eigenvalue weighted by Gasteiger charge is 2.22. The van der Waals surface area contributed by atoms with Crippen LogP contribution >= 0.6 is 27.5 Å². The maximum atomic E-state index is 10.6. The number of halogens is 2. The van der Waals surface area contributed by atoms with E-state index in [1.165, 1.54) is 4.68 Å². The molecule has 7 heteroatoms. The van der Waals surface area contributed by atoms with Crippen LogP contribution in [-0.2, 0) is 7.05 Å². The first-order chi connectivity index (χ1) is 9.59. The van der Waals surface area contributed by atoms with Crippen molar-refractivity contribution in [3.63, 3.8) is 0 Å². The summed E-state index contributed by atoms with van der Waals surface area (Å²) in [6.45, 7) is 0. The van der Waals surface area contributed by atoms with Crippen LogP contribution in [0.5, 0.6) is 0 Å². The molecule has 0 amide bonds. The average Bonchev–Trinajstić information content (AvgIpc) is 2.78. The molecular weight excluding hydrogens is 344 g/mol. The number of fused-ring (bicyclic) bond motifs is 1. The maximum Gasteiger partial charge on any atom is 0.154 e. The van der Waals surface area contributed by atoms with Gasteiger partial charge in [-0.05, 0) is 34.1 Å². The van der Waals surface area contributed by atoms with Crippen LogP contribution in [0.4, 0.5) is 0 Å². The molecule has 0 saturated carbocycles. The highest BCUT2D eigenvalue weighted by molar-refractivity contribution is 9.10. The zero-order valence-electron chi connectivity index (χ0n) is 10.5. The van der Waals surface area contributed by atoms with E-state index in [0.29, 0.717) is 26.4 Å². The molecule has 1 N–H and O–H groups in total. The lowest BCUT2D eigenvalue weighted by atomic mass is 10.0. The van der Waals surface area contributed by atoms with Crippen molar-refractivity contribution in [3.05, 3.63) is 51.3 Å². The van der Waals surface area contributed by atoms with E-state index in [4.69, 9.17) is 11.6 Å². The predicted octanol–water partition coefficient (Wildman–Crippen LogP) is 2.86. The van der Waals surface area contributed by atoms with Gasteiger partial charge in [-0.1, -0.05) is 22.9 Å². The van der Waals surface area contributed by atoms with Gasteiger partial charge in [0.1, 0.15) is 11.8 Å². The molecule has 5 nitrogen and oxygen atoms in total. The molecule has 3 rings (SSSR count). The van der Waals surface area contributed by atoms with Crippen LogP contribution in [0.2, 0.25) is 5.02 Å². The summed E-state index contributed by atoms with van der Waals surface area (Å²) < 4.78 is 2.03. The second-order valence-electron chi connectivity index (χ2n) is 4.33. The van der Waals surface area contributed by atoms with Crippen molar-refractivity contribution in [1.29, 1.82) is 0 Å². The molecule has 0 spiro atoms. The number of hydrogen-bond acceptors (Lipinski definition) is 4.